The molecule has 5 heteroatoms. The fourth-order valence-corrected chi connectivity index (χ4v) is 2.90. The molecule has 0 saturated carbocycles. The predicted octanol–water partition coefficient (Wildman–Crippen LogP) is 2.53. The molecule has 1 aromatic carbocycles. The van der Waals surface area contributed by atoms with E-state index in [1.807, 2.05) is 29.2 Å². The molecule has 3 rings (SSSR count). The maximum Gasteiger partial charge on any atom is 0.256 e. The Labute approximate surface area is 124 Å². The highest BCUT2D eigenvalue weighted by Crippen LogP contribution is 2.24. The van der Waals surface area contributed by atoms with Gasteiger partial charge in [-0.3, -0.25) is 4.79 Å². The van der Waals surface area contributed by atoms with Crippen LogP contribution in [0.5, 0.6) is 0 Å². The fourth-order valence-electron chi connectivity index (χ4n) is 2.90. The van der Waals surface area contributed by atoms with Gasteiger partial charge in [-0.25, -0.2) is 0 Å². The van der Waals surface area contributed by atoms with Gasteiger partial charge in [-0.15, -0.1) is 0 Å². The Morgan fingerprint density at radius 1 is 1.14 bits per heavy atom. The lowest BCUT2D eigenvalue weighted by Gasteiger charge is -2.37. The molecule has 1 aromatic heterocycles. The monoisotopic (exact) mass is 284 g/mol. The first-order valence-electron chi connectivity index (χ1n) is 7.43. The Bertz CT molecular complexity index is 623. The van der Waals surface area contributed by atoms with E-state index in [0.717, 1.165) is 18.7 Å². The molecule has 0 aliphatic carbocycles. The zero-order chi connectivity index (χ0) is 14.8. The molecule has 2 aromatic rings. The lowest BCUT2D eigenvalue weighted by molar-refractivity contribution is 0.0573. The molecule has 0 radical (unpaired) electrons. The molecule has 0 spiro atoms. The average Bonchev–Trinajstić information content (AvgIpc) is 3.03. The van der Waals surface area contributed by atoms with Gasteiger partial charge in [0.05, 0.1) is 23.6 Å². The molecule has 0 bridgehead atoms. The van der Waals surface area contributed by atoms with Crippen LogP contribution in [0.15, 0.2) is 36.7 Å². The van der Waals surface area contributed by atoms with Gasteiger partial charge < -0.3 is 4.90 Å². The van der Waals surface area contributed by atoms with Gasteiger partial charge in [-0.1, -0.05) is 19.1 Å². The maximum absolute atomic E-state index is 12.9. The van der Waals surface area contributed by atoms with Gasteiger partial charge in [0.15, 0.2) is 0 Å². The van der Waals surface area contributed by atoms with Gasteiger partial charge in [0, 0.05) is 12.6 Å². The van der Waals surface area contributed by atoms with Crippen LogP contribution >= 0.6 is 0 Å². The highest BCUT2D eigenvalue weighted by atomic mass is 16.2. The molecular formula is C16H20N4O. The highest BCUT2D eigenvalue weighted by Gasteiger charge is 2.29. The molecule has 1 aliphatic heterocycles. The Hall–Kier alpha value is -2.17. The summed E-state index contributed by atoms with van der Waals surface area (Å²) in [5, 5.41) is 8.29. The third kappa shape index (κ3) is 2.68. The molecule has 0 unspecified atom stereocenters. The summed E-state index contributed by atoms with van der Waals surface area (Å²) in [6.07, 6.45) is 5.49. The minimum absolute atomic E-state index is 0.0713. The van der Waals surface area contributed by atoms with E-state index in [1.165, 1.54) is 11.2 Å². The second kappa shape index (κ2) is 5.68. The predicted molar refractivity (Wildman–Crippen MR) is 80.3 cm³/mol. The van der Waals surface area contributed by atoms with E-state index >= 15 is 0 Å². The van der Waals surface area contributed by atoms with E-state index in [2.05, 4.69) is 24.0 Å². The zero-order valence-corrected chi connectivity index (χ0v) is 12.4. The van der Waals surface area contributed by atoms with Crippen LogP contribution in [-0.4, -0.2) is 38.4 Å². The molecular weight excluding hydrogens is 264 g/mol. The first-order valence-corrected chi connectivity index (χ1v) is 7.43. The van der Waals surface area contributed by atoms with Crippen LogP contribution in [0.1, 0.15) is 37.0 Å². The Kier molecular flexibility index (Phi) is 3.73. The van der Waals surface area contributed by atoms with Gasteiger partial charge in [0.2, 0.25) is 0 Å². The standard InChI is InChI=1S/C16H20N4O/c1-12-7-8-13(2)19(11-12)16(21)14-5-3-4-6-15(14)20-17-9-10-18-20/h3-6,9-10,12-13H,7-8,11H2,1-2H3/t12-,13-/m1/s1. The number of carbonyl (C=O) groups excluding carboxylic acids is 1. The average molecular weight is 284 g/mol. The van der Waals surface area contributed by atoms with Crippen molar-refractivity contribution < 1.29 is 4.79 Å². The number of amides is 1. The van der Waals surface area contributed by atoms with E-state index in [9.17, 15) is 4.79 Å². The molecule has 110 valence electrons. The van der Waals surface area contributed by atoms with E-state index < -0.39 is 0 Å². The van der Waals surface area contributed by atoms with Gasteiger partial charge in [0.25, 0.3) is 5.91 Å². The second-order valence-electron chi connectivity index (χ2n) is 5.82. The van der Waals surface area contributed by atoms with Gasteiger partial charge >= 0.3 is 0 Å². The van der Waals surface area contributed by atoms with Gasteiger partial charge in [-0.2, -0.15) is 15.0 Å². The topological polar surface area (TPSA) is 51.0 Å². The number of rotatable bonds is 2. The molecule has 5 nitrogen and oxygen atoms in total. The third-order valence-corrected chi connectivity index (χ3v) is 4.15. The SMILES string of the molecule is C[C@@H]1CC[C@@H](C)N(C(=O)c2ccccc2-n2nccn2)C1. The molecule has 1 aliphatic rings. The number of carbonyl (C=O) groups is 1. The zero-order valence-electron chi connectivity index (χ0n) is 12.4. The van der Waals surface area contributed by atoms with Crippen LogP contribution < -0.4 is 0 Å². The summed E-state index contributed by atoms with van der Waals surface area (Å²) in [4.78, 5) is 16.4. The molecule has 1 saturated heterocycles. The minimum atomic E-state index is 0.0713. The number of piperidine rings is 1. The van der Waals surface area contributed by atoms with Crippen molar-refractivity contribution in [3.63, 3.8) is 0 Å². The number of para-hydroxylation sites is 1. The summed E-state index contributed by atoms with van der Waals surface area (Å²) in [6, 6.07) is 7.81. The molecule has 1 amide bonds. The number of hydrogen-bond donors (Lipinski definition) is 0. The van der Waals surface area contributed by atoms with Crippen LogP contribution in [0.3, 0.4) is 0 Å². The van der Waals surface area contributed by atoms with Crippen LogP contribution in [0.2, 0.25) is 0 Å². The number of likely N-dealkylation sites (tertiary alicyclic amines) is 1. The van der Waals surface area contributed by atoms with Crippen LogP contribution in [0.4, 0.5) is 0 Å². The normalized spacial score (nSPS) is 22.3. The number of benzene rings is 1. The summed E-state index contributed by atoms with van der Waals surface area (Å²) in [5.74, 6) is 0.627. The van der Waals surface area contributed by atoms with Crippen molar-refractivity contribution in [1.82, 2.24) is 19.9 Å². The summed E-state index contributed by atoms with van der Waals surface area (Å²) in [7, 11) is 0. The maximum atomic E-state index is 12.9. The lowest BCUT2D eigenvalue weighted by atomic mass is 9.94. The van der Waals surface area contributed by atoms with E-state index in [4.69, 9.17) is 0 Å². The first kappa shape index (κ1) is 13.8. The summed E-state index contributed by atoms with van der Waals surface area (Å²) in [5.41, 5.74) is 1.40. The summed E-state index contributed by atoms with van der Waals surface area (Å²) >= 11 is 0. The number of hydrogen-bond acceptors (Lipinski definition) is 3. The first-order chi connectivity index (χ1) is 10.2. The van der Waals surface area contributed by atoms with Crippen LogP contribution in [0.25, 0.3) is 5.69 Å². The molecule has 2 heterocycles. The number of nitrogens with zero attached hydrogens (tertiary/aromatic N) is 4. The van der Waals surface area contributed by atoms with E-state index in [1.54, 1.807) is 12.4 Å². The Morgan fingerprint density at radius 3 is 2.62 bits per heavy atom. The number of aromatic nitrogens is 3. The molecule has 0 N–H and O–H groups in total. The van der Waals surface area contributed by atoms with Crippen molar-refractivity contribution in [1.29, 1.82) is 0 Å². The van der Waals surface area contributed by atoms with Crippen molar-refractivity contribution in [2.24, 2.45) is 5.92 Å². The minimum Gasteiger partial charge on any atom is -0.336 e. The van der Waals surface area contributed by atoms with Crippen molar-refractivity contribution in [2.75, 3.05) is 6.54 Å². The summed E-state index contributed by atoms with van der Waals surface area (Å²) < 4.78 is 0. The van der Waals surface area contributed by atoms with Crippen molar-refractivity contribution in [2.45, 2.75) is 32.7 Å². The van der Waals surface area contributed by atoms with Crippen LogP contribution in [0, 0.1) is 5.92 Å². The van der Waals surface area contributed by atoms with Crippen molar-refractivity contribution in [3.8, 4) is 5.69 Å². The fraction of sp³-hybridized carbons (Fsp3) is 0.438. The largest absolute Gasteiger partial charge is 0.336 e. The Morgan fingerprint density at radius 2 is 1.86 bits per heavy atom. The smallest absolute Gasteiger partial charge is 0.256 e. The van der Waals surface area contributed by atoms with E-state index in [-0.39, 0.29) is 11.9 Å². The summed E-state index contributed by atoms with van der Waals surface area (Å²) in [6.45, 7) is 5.15. The van der Waals surface area contributed by atoms with Crippen LogP contribution in [-0.2, 0) is 0 Å². The highest BCUT2D eigenvalue weighted by molar-refractivity contribution is 5.98. The third-order valence-electron chi connectivity index (χ3n) is 4.15. The second-order valence-corrected chi connectivity index (χ2v) is 5.82. The van der Waals surface area contributed by atoms with Gasteiger partial charge in [-0.05, 0) is 37.8 Å². The molecule has 1 fully saturated rings. The van der Waals surface area contributed by atoms with Crippen molar-refractivity contribution >= 4 is 5.91 Å². The quantitative estimate of drug-likeness (QED) is 0.851. The van der Waals surface area contributed by atoms with Gasteiger partial charge in [0.1, 0.15) is 0 Å². The lowest BCUT2D eigenvalue weighted by Crippen LogP contribution is -2.45. The molecule has 2 atom stereocenters. The molecule has 21 heavy (non-hydrogen) atoms. The van der Waals surface area contributed by atoms with E-state index in [0.29, 0.717) is 11.5 Å². The Balaban J connectivity index is 1.95. The van der Waals surface area contributed by atoms with Crippen molar-refractivity contribution in [3.05, 3.63) is 42.2 Å².